The van der Waals surface area contributed by atoms with Crippen LogP contribution in [0.2, 0.25) is 0 Å². The summed E-state index contributed by atoms with van der Waals surface area (Å²) in [5.74, 6) is -0.0190. The largest absolute Gasteiger partial charge is 0.481 e. The van der Waals surface area contributed by atoms with Gasteiger partial charge in [-0.3, -0.25) is 19.8 Å². The van der Waals surface area contributed by atoms with Crippen molar-refractivity contribution in [3.8, 4) is 0 Å². The second-order valence-electron chi connectivity index (χ2n) is 4.96. The third-order valence-electron chi connectivity index (χ3n) is 3.50. The Bertz CT molecular complexity index is 497. The molecule has 2 rings (SSSR count). The first-order valence-electron chi connectivity index (χ1n) is 6.86. The van der Waals surface area contributed by atoms with Crippen molar-refractivity contribution in [1.82, 2.24) is 9.88 Å². The van der Waals surface area contributed by atoms with Crippen LogP contribution in [0.1, 0.15) is 12.8 Å². The fraction of sp³-hybridized carbons (Fsp3) is 0.538. The monoisotopic (exact) mass is 294 g/mol. The lowest BCUT2D eigenvalue weighted by Gasteiger charge is -2.35. The highest BCUT2D eigenvalue weighted by atomic mass is 16.6. The normalized spacial score (nSPS) is 15.9. The van der Waals surface area contributed by atoms with Gasteiger partial charge in [0, 0.05) is 38.7 Å². The van der Waals surface area contributed by atoms with Crippen LogP contribution in [-0.2, 0) is 4.79 Å². The fourth-order valence-corrected chi connectivity index (χ4v) is 2.33. The van der Waals surface area contributed by atoms with E-state index in [2.05, 4.69) is 14.8 Å². The Balaban J connectivity index is 1.80. The number of nitro groups is 1. The first-order chi connectivity index (χ1) is 10.1. The van der Waals surface area contributed by atoms with Gasteiger partial charge in [0.1, 0.15) is 12.0 Å². The van der Waals surface area contributed by atoms with Crippen molar-refractivity contribution < 1.29 is 14.8 Å². The van der Waals surface area contributed by atoms with Gasteiger partial charge in [-0.25, -0.2) is 4.98 Å². The third kappa shape index (κ3) is 4.38. The Labute approximate surface area is 122 Å². The standard InChI is InChI=1S/C13H18N4O4/c18-13(19)2-1-5-15-6-8-16(9-7-15)12-4-3-11(10-14-12)17(20)21/h3-4,10H,1-2,5-9H2,(H,18,19). The number of carbonyl (C=O) groups is 1. The minimum atomic E-state index is -0.760. The number of pyridine rings is 1. The zero-order valence-electron chi connectivity index (χ0n) is 11.6. The maximum absolute atomic E-state index is 10.6. The number of carboxylic acid groups (broad SMARTS) is 1. The summed E-state index contributed by atoms with van der Waals surface area (Å²) < 4.78 is 0. The van der Waals surface area contributed by atoms with E-state index >= 15 is 0 Å². The van der Waals surface area contributed by atoms with E-state index in [1.807, 2.05) is 0 Å². The lowest BCUT2D eigenvalue weighted by molar-refractivity contribution is -0.385. The maximum atomic E-state index is 10.6. The molecule has 0 atom stereocenters. The molecule has 0 aliphatic carbocycles. The van der Waals surface area contributed by atoms with Crippen LogP contribution >= 0.6 is 0 Å². The van der Waals surface area contributed by atoms with E-state index in [0.717, 1.165) is 38.5 Å². The molecule has 0 amide bonds. The van der Waals surface area contributed by atoms with Gasteiger partial charge in [-0.05, 0) is 19.0 Å². The molecule has 0 spiro atoms. The number of rotatable bonds is 6. The van der Waals surface area contributed by atoms with Gasteiger partial charge in [0.2, 0.25) is 0 Å². The number of carboxylic acids is 1. The van der Waals surface area contributed by atoms with Crippen LogP contribution in [0.5, 0.6) is 0 Å². The van der Waals surface area contributed by atoms with Crippen molar-refractivity contribution in [2.75, 3.05) is 37.6 Å². The van der Waals surface area contributed by atoms with Crippen molar-refractivity contribution in [1.29, 1.82) is 0 Å². The van der Waals surface area contributed by atoms with E-state index in [1.165, 1.54) is 12.3 Å². The number of hydrogen-bond donors (Lipinski definition) is 1. The summed E-state index contributed by atoms with van der Waals surface area (Å²) in [5.41, 5.74) is -0.00828. The molecular weight excluding hydrogens is 276 g/mol. The quantitative estimate of drug-likeness (QED) is 0.616. The van der Waals surface area contributed by atoms with Gasteiger partial charge in [-0.15, -0.1) is 0 Å². The molecule has 1 saturated heterocycles. The highest BCUT2D eigenvalue weighted by molar-refractivity contribution is 5.66. The minimum Gasteiger partial charge on any atom is -0.481 e. The predicted molar refractivity (Wildman–Crippen MR) is 76.4 cm³/mol. The van der Waals surface area contributed by atoms with Gasteiger partial charge in [0.25, 0.3) is 5.69 Å². The number of aliphatic carboxylic acids is 1. The Hall–Kier alpha value is -2.22. The summed E-state index contributed by atoms with van der Waals surface area (Å²) in [5, 5.41) is 19.2. The van der Waals surface area contributed by atoms with Gasteiger partial charge in [0.05, 0.1) is 4.92 Å². The Kier molecular flexibility index (Phi) is 5.04. The highest BCUT2D eigenvalue weighted by Crippen LogP contribution is 2.17. The first-order valence-corrected chi connectivity index (χ1v) is 6.86. The van der Waals surface area contributed by atoms with Crippen LogP contribution in [0.4, 0.5) is 11.5 Å². The van der Waals surface area contributed by atoms with E-state index in [4.69, 9.17) is 5.11 Å². The topological polar surface area (TPSA) is 99.8 Å². The van der Waals surface area contributed by atoms with Gasteiger partial charge in [-0.2, -0.15) is 0 Å². The Morgan fingerprint density at radius 3 is 2.57 bits per heavy atom. The van der Waals surface area contributed by atoms with Crippen LogP contribution in [0, 0.1) is 10.1 Å². The number of hydrogen-bond acceptors (Lipinski definition) is 6. The highest BCUT2D eigenvalue weighted by Gasteiger charge is 2.18. The lowest BCUT2D eigenvalue weighted by Crippen LogP contribution is -2.46. The van der Waals surface area contributed by atoms with Crippen molar-refractivity contribution in [2.45, 2.75) is 12.8 Å². The lowest BCUT2D eigenvalue weighted by atomic mass is 10.2. The van der Waals surface area contributed by atoms with E-state index in [0.29, 0.717) is 6.42 Å². The van der Waals surface area contributed by atoms with E-state index in [-0.39, 0.29) is 12.1 Å². The van der Waals surface area contributed by atoms with Gasteiger partial charge < -0.3 is 10.0 Å². The number of piperazine rings is 1. The summed E-state index contributed by atoms with van der Waals surface area (Å²) in [6, 6.07) is 3.12. The molecule has 1 N–H and O–H groups in total. The van der Waals surface area contributed by atoms with E-state index in [9.17, 15) is 14.9 Å². The van der Waals surface area contributed by atoms with Crippen LogP contribution in [0.3, 0.4) is 0 Å². The molecule has 8 nitrogen and oxygen atoms in total. The molecule has 114 valence electrons. The fourth-order valence-electron chi connectivity index (χ4n) is 2.33. The molecule has 1 aliphatic heterocycles. The minimum absolute atomic E-state index is 0.00828. The molecule has 0 bridgehead atoms. The summed E-state index contributed by atoms with van der Waals surface area (Å²) in [7, 11) is 0. The number of aromatic nitrogens is 1. The summed E-state index contributed by atoms with van der Waals surface area (Å²) in [6.07, 6.45) is 2.13. The number of anilines is 1. The summed E-state index contributed by atoms with van der Waals surface area (Å²) in [4.78, 5) is 29.0. The van der Waals surface area contributed by atoms with E-state index in [1.54, 1.807) is 6.07 Å². The van der Waals surface area contributed by atoms with Gasteiger partial charge >= 0.3 is 5.97 Å². The average molecular weight is 294 g/mol. The molecule has 0 saturated carbocycles. The van der Waals surface area contributed by atoms with Crippen molar-refractivity contribution in [3.63, 3.8) is 0 Å². The van der Waals surface area contributed by atoms with Crippen LogP contribution in [0.15, 0.2) is 18.3 Å². The molecule has 1 fully saturated rings. The van der Waals surface area contributed by atoms with Crippen LogP contribution in [0.25, 0.3) is 0 Å². The zero-order chi connectivity index (χ0) is 15.2. The van der Waals surface area contributed by atoms with Crippen molar-refractivity contribution in [2.24, 2.45) is 0 Å². The smallest absolute Gasteiger partial charge is 0.303 e. The molecule has 8 heteroatoms. The van der Waals surface area contributed by atoms with Crippen LogP contribution in [-0.4, -0.2) is 58.6 Å². The zero-order valence-corrected chi connectivity index (χ0v) is 11.6. The predicted octanol–water partition coefficient (Wildman–Crippen LogP) is 0.977. The summed E-state index contributed by atoms with van der Waals surface area (Å²) in [6.45, 7) is 4.06. The third-order valence-corrected chi connectivity index (χ3v) is 3.50. The molecule has 0 unspecified atom stereocenters. The molecule has 1 aliphatic rings. The van der Waals surface area contributed by atoms with Gasteiger partial charge in [-0.1, -0.05) is 0 Å². The molecular formula is C13H18N4O4. The number of nitrogens with zero attached hydrogens (tertiary/aromatic N) is 4. The molecule has 0 aromatic carbocycles. The Morgan fingerprint density at radius 1 is 1.33 bits per heavy atom. The van der Waals surface area contributed by atoms with Crippen molar-refractivity contribution >= 4 is 17.5 Å². The molecule has 21 heavy (non-hydrogen) atoms. The van der Waals surface area contributed by atoms with Crippen molar-refractivity contribution in [3.05, 3.63) is 28.4 Å². The van der Waals surface area contributed by atoms with Gasteiger partial charge in [0.15, 0.2) is 0 Å². The molecule has 2 heterocycles. The average Bonchev–Trinajstić information content (AvgIpc) is 2.48. The molecule has 1 aromatic rings. The maximum Gasteiger partial charge on any atom is 0.303 e. The SMILES string of the molecule is O=C(O)CCCN1CCN(c2ccc([N+](=O)[O-])cn2)CC1. The first kappa shape index (κ1) is 15.2. The molecule has 0 radical (unpaired) electrons. The second kappa shape index (κ2) is 6.98. The second-order valence-corrected chi connectivity index (χ2v) is 4.96. The molecule has 1 aromatic heterocycles. The summed E-state index contributed by atoms with van der Waals surface area (Å²) >= 11 is 0. The Morgan fingerprint density at radius 2 is 2.05 bits per heavy atom. The van der Waals surface area contributed by atoms with E-state index < -0.39 is 10.9 Å². The van der Waals surface area contributed by atoms with Crippen LogP contribution < -0.4 is 4.90 Å².